The van der Waals surface area contributed by atoms with Crippen LogP contribution in [0, 0.1) is 0 Å². The van der Waals surface area contributed by atoms with Crippen molar-refractivity contribution in [2.75, 3.05) is 4.90 Å². The van der Waals surface area contributed by atoms with Crippen LogP contribution in [-0.4, -0.2) is 0 Å². The highest BCUT2D eigenvalue weighted by molar-refractivity contribution is 6.06. The van der Waals surface area contributed by atoms with Crippen LogP contribution in [0.4, 0.5) is 17.1 Å². The molecule has 2 nitrogen and oxygen atoms in total. The lowest BCUT2D eigenvalue weighted by Gasteiger charge is -2.26. The molecule has 1 aromatic heterocycles. The fraction of sp³-hybridized carbons (Fsp3) is 0. The second kappa shape index (κ2) is 13.4. The van der Waals surface area contributed by atoms with E-state index >= 15 is 0 Å². The second-order valence-electron chi connectivity index (χ2n) is 13.8. The minimum absolute atomic E-state index is 0.867. The molecule has 0 amide bonds. The van der Waals surface area contributed by atoms with Crippen molar-refractivity contribution in [1.82, 2.24) is 0 Å². The summed E-state index contributed by atoms with van der Waals surface area (Å²) in [5, 5.41) is 4.75. The highest BCUT2D eigenvalue weighted by atomic mass is 16.3. The topological polar surface area (TPSA) is 16.4 Å². The zero-order chi connectivity index (χ0) is 35.8. The molecule has 10 rings (SSSR count). The van der Waals surface area contributed by atoms with Crippen molar-refractivity contribution in [2.24, 2.45) is 0 Å². The van der Waals surface area contributed by atoms with E-state index in [0.717, 1.165) is 50.1 Å². The van der Waals surface area contributed by atoms with Gasteiger partial charge < -0.3 is 9.32 Å². The van der Waals surface area contributed by atoms with Crippen molar-refractivity contribution in [2.45, 2.75) is 0 Å². The molecular formula is C52H35NO. The summed E-state index contributed by atoms with van der Waals surface area (Å²) in [4.78, 5) is 2.34. The van der Waals surface area contributed by atoms with Gasteiger partial charge in [-0.25, -0.2) is 0 Å². The summed E-state index contributed by atoms with van der Waals surface area (Å²) >= 11 is 0. The highest BCUT2D eigenvalue weighted by Crippen LogP contribution is 2.41. The van der Waals surface area contributed by atoms with Gasteiger partial charge in [0.15, 0.2) is 0 Å². The van der Waals surface area contributed by atoms with Gasteiger partial charge in [-0.05, 0) is 97.7 Å². The molecule has 0 fully saturated rings. The maximum Gasteiger partial charge on any atom is 0.137 e. The van der Waals surface area contributed by atoms with Gasteiger partial charge in [-0.1, -0.05) is 164 Å². The molecule has 10 aromatic rings. The minimum Gasteiger partial charge on any atom is -0.456 e. The Hall–Kier alpha value is -7.16. The van der Waals surface area contributed by atoms with Crippen LogP contribution >= 0.6 is 0 Å². The predicted molar refractivity (Wildman–Crippen MR) is 228 cm³/mol. The molecule has 0 bridgehead atoms. The first kappa shape index (κ1) is 31.6. The van der Waals surface area contributed by atoms with Gasteiger partial charge in [0.05, 0.1) is 0 Å². The quantitative estimate of drug-likeness (QED) is 0.166. The number of rotatable bonds is 7. The van der Waals surface area contributed by atoms with Crippen LogP contribution < -0.4 is 4.90 Å². The molecule has 0 spiro atoms. The van der Waals surface area contributed by atoms with Gasteiger partial charge in [-0.3, -0.25) is 0 Å². The largest absolute Gasteiger partial charge is 0.456 e. The molecule has 0 aliphatic heterocycles. The van der Waals surface area contributed by atoms with Crippen molar-refractivity contribution in [3.05, 3.63) is 212 Å². The van der Waals surface area contributed by atoms with E-state index in [-0.39, 0.29) is 0 Å². The van der Waals surface area contributed by atoms with Crippen LogP contribution in [0.1, 0.15) is 0 Å². The van der Waals surface area contributed by atoms with Gasteiger partial charge in [-0.2, -0.15) is 0 Å². The van der Waals surface area contributed by atoms with Crippen LogP contribution in [0.5, 0.6) is 0 Å². The lowest BCUT2D eigenvalue weighted by molar-refractivity contribution is 0.669. The number of fused-ring (bicyclic) bond motifs is 4. The number of hydrogen-bond acceptors (Lipinski definition) is 2. The second-order valence-corrected chi connectivity index (χ2v) is 13.8. The zero-order valence-corrected chi connectivity index (χ0v) is 29.6. The average molecular weight is 690 g/mol. The van der Waals surface area contributed by atoms with Crippen LogP contribution in [0.25, 0.3) is 77.2 Å². The maximum absolute atomic E-state index is 6.40. The molecule has 0 radical (unpaired) electrons. The first-order valence-electron chi connectivity index (χ1n) is 18.4. The summed E-state index contributed by atoms with van der Waals surface area (Å²) in [5.41, 5.74) is 14.4. The Bertz CT molecular complexity index is 2920. The number of benzene rings is 9. The summed E-state index contributed by atoms with van der Waals surface area (Å²) in [6, 6.07) is 75.9. The van der Waals surface area contributed by atoms with Crippen molar-refractivity contribution in [3.8, 4) is 44.5 Å². The SMILES string of the molecule is c1ccc(-c2ccc(-c3cccc(N(c4cccc(-c5ccc(-c6cccc7ccccc67)cc5)c4)c4ccc5c(c4)oc4ccccc45)c3)cc2)cc1. The summed E-state index contributed by atoms with van der Waals surface area (Å²) < 4.78 is 6.40. The maximum atomic E-state index is 6.40. The molecule has 0 aliphatic rings. The molecule has 0 aliphatic carbocycles. The number of hydrogen-bond donors (Lipinski definition) is 0. The molecule has 9 aromatic carbocycles. The number of furan rings is 1. The molecule has 0 N–H and O–H groups in total. The first-order chi connectivity index (χ1) is 26.7. The fourth-order valence-corrected chi connectivity index (χ4v) is 7.76. The summed E-state index contributed by atoms with van der Waals surface area (Å²) in [6.07, 6.45) is 0. The van der Waals surface area contributed by atoms with E-state index in [2.05, 4.69) is 205 Å². The highest BCUT2D eigenvalue weighted by Gasteiger charge is 2.17. The Morgan fingerprint density at radius 1 is 0.278 bits per heavy atom. The van der Waals surface area contributed by atoms with E-state index in [9.17, 15) is 0 Å². The molecular weight excluding hydrogens is 655 g/mol. The smallest absolute Gasteiger partial charge is 0.137 e. The average Bonchev–Trinajstić information content (AvgIpc) is 3.62. The molecule has 0 unspecified atom stereocenters. The van der Waals surface area contributed by atoms with Crippen molar-refractivity contribution >= 4 is 49.8 Å². The third kappa shape index (κ3) is 5.81. The van der Waals surface area contributed by atoms with Crippen LogP contribution in [0.2, 0.25) is 0 Å². The molecule has 2 heteroatoms. The van der Waals surface area contributed by atoms with Gasteiger partial charge in [0.25, 0.3) is 0 Å². The van der Waals surface area contributed by atoms with Crippen molar-refractivity contribution in [3.63, 3.8) is 0 Å². The monoisotopic (exact) mass is 689 g/mol. The Morgan fingerprint density at radius 2 is 0.759 bits per heavy atom. The summed E-state index contributed by atoms with van der Waals surface area (Å²) in [7, 11) is 0. The Kier molecular flexibility index (Phi) is 7.85. The lowest BCUT2D eigenvalue weighted by atomic mass is 9.96. The Balaban J connectivity index is 1.05. The van der Waals surface area contributed by atoms with E-state index in [1.807, 2.05) is 12.1 Å². The number of para-hydroxylation sites is 1. The normalized spacial score (nSPS) is 11.3. The molecule has 0 atom stereocenters. The Morgan fingerprint density at radius 3 is 1.46 bits per heavy atom. The van der Waals surface area contributed by atoms with E-state index in [0.29, 0.717) is 0 Å². The van der Waals surface area contributed by atoms with Gasteiger partial charge in [-0.15, -0.1) is 0 Å². The van der Waals surface area contributed by atoms with Gasteiger partial charge >= 0.3 is 0 Å². The van der Waals surface area contributed by atoms with Crippen LogP contribution in [-0.2, 0) is 0 Å². The van der Waals surface area contributed by atoms with Crippen LogP contribution in [0.3, 0.4) is 0 Å². The Labute approximate surface area is 314 Å². The fourth-order valence-electron chi connectivity index (χ4n) is 7.76. The standard InChI is InChI=1S/C52H35NO/c1-2-11-36(12-3-1)37-23-25-38(26-24-37)42-15-8-17-44(33-42)53(46-31-32-50-49-20-6-7-22-51(49)54-52(50)35-46)45-18-9-16-43(34-45)39-27-29-41(30-28-39)48-21-10-14-40-13-4-5-19-47(40)48/h1-35H. The van der Waals surface area contributed by atoms with Gasteiger partial charge in [0.2, 0.25) is 0 Å². The predicted octanol–water partition coefficient (Wildman–Crippen LogP) is 14.9. The van der Waals surface area contributed by atoms with E-state index in [1.165, 1.54) is 44.2 Å². The van der Waals surface area contributed by atoms with E-state index in [4.69, 9.17) is 4.42 Å². The number of anilines is 3. The molecule has 1 heterocycles. The van der Waals surface area contributed by atoms with E-state index in [1.54, 1.807) is 0 Å². The molecule has 254 valence electrons. The summed E-state index contributed by atoms with van der Waals surface area (Å²) in [5.74, 6) is 0. The molecule has 0 saturated carbocycles. The lowest BCUT2D eigenvalue weighted by Crippen LogP contribution is -2.10. The summed E-state index contributed by atoms with van der Waals surface area (Å²) in [6.45, 7) is 0. The molecule has 54 heavy (non-hydrogen) atoms. The number of nitrogens with zero attached hydrogens (tertiary/aromatic N) is 1. The van der Waals surface area contributed by atoms with Crippen molar-refractivity contribution in [1.29, 1.82) is 0 Å². The third-order valence-electron chi connectivity index (χ3n) is 10.5. The van der Waals surface area contributed by atoms with Gasteiger partial charge in [0, 0.05) is 33.9 Å². The van der Waals surface area contributed by atoms with E-state index < -0.39 is 0 Å². The van der Waals surface area contributed by atoms with Crippen LogP contribution in [0.15, 0.2) is 217 Å². The minimum atomic E-state index is 0.867. The van der Waals surface area contributed by atoms with Gasteiger partial charge in [0.1, 0.15) is 11.2 Å². The van der Waals surface area contributed by atoms with Crippen molar-refractivity contribution < 1.29 is 4.42 Å². The first-order valence-corrected chi connectivity index (χ1v) is 18.4. The zero-order valence-electron chi connectivity index (χ0n) is 29.6. The third-order valence-corrected chi connectivity index (χ3v) is 10.5. The molecule has 0 saturated heterocycles.